The lowest BCUT2D eigenvalue weighted by molar-refractivity contribution is 1.13. The molecule has 2 aromatic heterocycles. The first kappa shape index (κ1) is 34.4. The molecule has 278 valence electrons. The molecule has 0 fully saturated rings. The van der Waals surface area contributed by atoms with Gasteiger partial charge < -0.3 is 14.0 Å². The molecule has 0 atom stereocenters. The second-order valence-corrected chi connectivity index (χ2v) is 15.0. The van der Waals surface area contributed by atoms with Crippen LogP contribution in [0.5, 0.6) is 0 Å². The molecule has 11 aromatic rings. The van der Waals surface area contributed by atoms with Crippen LogP contribution in [0.2, 0.25) is 0 Å². The number of rotatable bonds is 8. The predicted molar refractivity (Wildman–Crippen MR) is 249 cm³/mol. The molecular weight excluding hydrogens is 715 g/mol. The fourth-order valence-corrected chi connectivity index (χ4v) is 8.76. The van der Waals surface area contributed by atoms with Crippen LogP contribution in [0.15, 0.2) is 237 Å². The van der Waals surface area contributed by atoms with Crippen molar-refractivity contribution in [3.8, 4) is 44.8 Å². The van der Waals surface area contributed by atoms with Crippen molar-refractivity contribution in [2.24, 2.45) is 0 Å². The molecule has 0 bridgehead atoms. The van der Waals surface area contributed by atoms with Crippen LogP contribution in [0.1, 0.15) is 0 Å². The number of benzene rings is 9. The molecule has 11 rings (SSSR count). The Labute approximate surface area is 343 Å². The Hall–Kier alpha value is -7.88. The topological polar surface area (TPSA) is 13.1 Å². The Balaban J connectivity index is 1.08. The minimum absolute atomic E-state index is 1.08. The molecular formula is C56H39N3. The van der Waals surface area contributed by atoms with Crippen molar-refractivity contribution in [3.63, 3.8) is 0 Å². The van der Waals surface area contributed by atoms with Gasteiger partial charge in [0, 0.05) is 56.4 Å². The van der Waals surface area contributed by atoms with Gasteiger partial charge in [0.15, 0.2) is 0 Å². The van der Waals surface area contributed by atoms with Crippen molar-refractivity contribution in [1.29, 1.82) is 0 Å². The highest BCUT2D eigenvalue weighted by Gasteiger charge is 2.21. The first-order valence-electron chi connectivity index (χ1n) is 20.2. The lowest BCUT2D eigenvalue weighted by atomic mass is 9.99. The summed E-state index contributed by atoms with van der Waals surface area (Å²) >= 11 is 0. The fraction of sp³-hybridized carbons (Fsp3) is 0. The molecule has 0 amide bonds. The maximum atomic E-state index is 2.45. The average Bonchev–Trinajstić information content (AvgIpc) is 3.91. The highest BCUT2D eigenvalue weighted by molar-refractivity contribution is 6.21. The molecule has 9 aromatic carbocycles. The zero-order chi connectivity index (χ0) is 39.1. The number of nitrogens with zero attached hydrogens (tertiary/aromatic N) is 3. The van der Waals surface area contributed by atoms with Gasteiger partial charge in [-0.3, -0.25) is 0 Å². The summed E-state index contributed by atoms with van der Waals surface area (Å²) in [5.41, 5.74) is 16.3. The second-order valence-electron chi connectivity index (χ2n) is 15.0. The van der Waals surface area contributed by atoms with Crippen molar-refractivity contribution in [1.82, 2.24) is 9.13 Å². The summed E-state index contributed by atoms with van der Waals surface area (Å²) in [5, 5.41) is 3.68. The summed E-state index contributed by atoms with van der Waals surface area (Å²) in [7, 11) is 0. The Bertz CT molecular complexity index is 3120. The van der Waals surface area contributed by atoms with Gasteiger partial charge in [0.05, 0.1) is 16.6 Å². The zero-order valence-electron chi connectivity index (χ0n) is 32.4. The normalized spacial score (nSPS) is 11.4. The van der Waals surface area contributed by atoms with Gasteiger partial charge in [0.1, 0.15) is 0 Å². The molecule has 0 aliphatic heterocycles. The Morgan fingerprint density at radius 1 is 0.305 bits per heavy atom. The van der Waals surface area contributed by atoms with Crippen LogP contribution in [-0.2, 0) is 0 Å². The van der Waals surface area contributed by atoms with Gasteiger partial charge in [0.25, 0.3) is 0 Å². The summed E-state index contributed by atoms with van der Waals surface area (Å²) in [5.74, 6) is 0. The van der Waals surface area contributed by atoms with Gasteiger partial charge in [0.2, 0.25) is 0 Å². The van der Waals surface area contributed by atoms with Crippen LogP contribution in [0, 0.1) is 0 Å². The van der Waals surface area contributed by atoms with Gasteiger partial charge in [-0.2, -0.15) is 0 Å². The third-order valence-electron chi connectivity index (χ3n) is 11.5. The van der Waals surface area contributed by atoms with Crippen molar-refractivity contribution in [2.75, 3.05) is 4.90 Å². The fourth-order valence-electron chi connectivity index (χ4n) is 8.76. The Morgan fingerprint density at radius 2 is 0.763 bits per heavy atom. The van der Waals surface area contributed by atoms with Crippen molar-refractivity contribution >= 4 is 49.8 Å². The quantitative estimate of drug-likeness (QED) is 0.151. The smallest absolute Gasteiger partial charge is 0.0635 e. The predicted octanol–water partition coefficient (Wildman–Crippen LogP) is 15.2. The number of hydrogen-bond donors (Lipinski definition) is 0. The summed E-state index contributed by atoms with van der Waals surface area (Å²) in [4.78, 5) is 2.35. The van der Waals surface area contributed by atoms with E-state index in [0.717, 1.165) is 28.4 Å². The van der Waals surface area contributed by atoms with E-state index < -0.39 is 0 Å². The van der Waals surface area contributed by atoms with Crippen LogP contribution < -0.4 is 4.90 Å². The van der Waals surface area contributed by atoms with E-state index in [1.807, 2.05) is 0 Å². The Kier molecular flexibility index (Phi) is 8.49. The molecule has 0 unspecified atom stereocenters. The van der Waals surface area contributed by atoms with E-state index in [0.29, 0.717) is 0 Å². The molecule has 0 N–H and O–H groups in total. The van der Waals surface area contributed by atoms with Crippen LogP contribution in [0.3, 0.4) is 0 Å². The van der Waals surface area contributed by atoms with Crippen LogP contribution in [-0.4, -0.2) is 9.13 Å². The highest BCUT2D eigenvalue weighted by atomic mass is 15.1. The van der Waals surface area contributed by atoms with E-state index in [9.17, 15) is 0 Å². The van der Waals surface area contributed by atoms with E-state index in [1.165, 1.54) is 66.1 Å². The monoisotopic (exact) mass is 753 g/mol. The number of para-hydroxylation sites is 2. The average molecular weight is 754 g/mol. The van der Waals surface area contributed by atoms with Crippen molar-refractivity contribution < 1.29 is 0 Å². The van der Waals surface area contributed by atoms with Gasteiger partial charge in [-0.25, -0.2) is 0 Å². The first-order chi connectivity index (χ1) is 29.3. The second kappa shape index (κ2) is 14.6. The lowest BCUT2D eigenvalue weighted by Gasteiger charge is -2.26. The number of fused-ring (bicyclic) bond motifs is 5. The largest absolute Gasteiger partial charge is 0.316 e. The molecule has 0 radical (unpaired) electrons. The van der Waals surface area contributed by atoms with Gasteiger partial charge in [-0.15, -0.1) is 0 Å². The zero-order valence-corrected chi connectivity index (χ0v) is 32.4. The van der Waals surface area contributed by atoms with Crippen molar-refractivity contribution in [3.05, 3.63) is 237 Å². The Morgan fingerprint density at radius 3 is 1.32 bits per heavy atom. The molecule has 0 saturated carbocycles. The minimum atomic E-state index is 1.08. The summed E-state index contributed by atoms with van der Waals surface area (Å²) in [6.07, 6.45) is 2.22. The first-order valence-corrected chi connectivity index (χ1v) is 20.2. The molecule has 2 heterocycles. The number of anilines is 3. The van der Waals surface area contributed by atoms with E-state index in [2.05, 4.69) is 251 Å². The highest BCUT2D eigenvalue weighted by Crippen LogP contribution is 2.43. The van der Waals surface area contributed by atoms with Crippen LogP contribution in [0.4, 0.5) is 17.1 Å². The van der Waals surface area contributed by atoms with E-state index >= 15 is 0 Å². The summed E-state index contributed by atoms with van der Waals surface area (Å²) < 4.78 is 4.79. The molecule has 3 heteroatoms. The standard InChI is InChI=1S/C56H39N3/c1-5-15-40(16-6-1)42-25-29-46(30-26-42)58(47-31-27-43(28-32-47)41-17-7-2-8-18-41)48-33-35-49(36-34-48)59-54-24-14-13-23-50(54)53-39-52(44-19-9-3-10-20-44)55-51(56(53)59)37-38-57(55)45-21-11-4-12-22-45/h1-39H. The summed E-state index contributed by atoms with van der Waals surface area (Å²) in [6, 6.07) is 83.0. The van der Waals surface area contributed by atoms with Gasteiger partial charge in [-0.1, -0.05) is 152 Å². The molecule has 3 nitrogen and oxygen atoms in total. The third kappa shape index (κ3) is 6.08. The molecule has 0 saturated heterocycles. The molecule has 0 spiro atoms. The maximum Gasteiger partial charge on any atom is 0.0635 e. The molecule has 0 aliphatic rings. The molecule has 0 aliphatic carbocycles. The maximum absolute atomic E-state index is 2.45. The van der Waals surface area contributed by atoms with Crippen molar-refractivity contribution in [2.45, 2.75) is 0 Å². The minimum Gasteiger partial charge on any atom is -0.316 e. The van der Waals surface area contributed by atoms with E-state index in [-0.39, 0.29) is 0 Å². The van der Waals surface area contributed by atoms with Crippen LogP contribution >= 0.6 is 0 Å². The molecule has 59 heavy (non-hydrogen) atoms. The van der Waals surface area contributed by atoms with E-state index in [4.69, 9.17) is 0 Å². The van der Waals surface area contributed by atoms with E-state index in [1.54, 1.807) is 0 Å². The third-order valence-corrected chi connectivity index (χ3v) is 11.5. The van der Waals surface area contributed by atoms with Gasteiger partial charge in [-0.05, 0) is 107 Å². The summed E-state index contributed by atoms with van der Waals surface area (Å²) in [6.45, 7) is 0. The number of hydrogen-bond acceptors (Lipinski definition) is 1. The lowest BCUT2D eigenvalue weighted by Crippen LogP contribution is -2.10. The number of aromatic nitrogens is 2. The van der Waals surface area contributed by atoms with Gasteiger partial charge >= 0.3 is 0 Å². The SMILES string of the molecule is c1ccc(-c2ccc(N(c3ccc(-c4ccccc4)cc3)c3ccc(-n4c5ccccc5c5cc(-c6ccccc6)c6c(ccn6-c6ccccc6)c54)cc3)cc2)cc1. The van der Waals surface area contributed by atoms with Crippen LogP contribution in [0.25, 0.3) is 77.5 Å².